The van der Waals surface area contributed by atoms with Crippen LogP contribution < -0.4 is 5.48 Å². The fourth-order valence-corrected chi connectivity index (χ4v) is 0.930. The summed E-state index contributed by atoms with van der Waals surface area (Å²) < 4.78 is 0. The zero-order chi connectivity index (χ0) is 11.7. The molecular formula is C8H16N2O5. The molecule has 0 unspecified atom stereocenters. The van der Waals surface area contributed by atoms with E-state index in [1.165, 1.54) is 4.90 Å². The molecule has 0 radical (unpaired) electrons. The van der Waals surface area contributed by atoms with Gasteiger partial charge in [0.2, 0.25) is 0 Å². The molecule has 0 fully saturated rings. The lowest BCUT2D eigenvalue weighted by atomic mass is 10.4. The summed E-state index contributed by atoms with van der Waals surface area (Å²) in [6.07, 6.45) is 0.742. The number of aliphatic carboxylic acids is 1. The molecule has 0 rings (SSSR count). The first-order valence-corrected chi connectivity index (χ1v) is 4.61. The Bertz CT molecular complexity index is 203. The first-order chi connectivity index (χ1) is 7.11. The summed E-state index contributed by atoms with van der Waals surface area (Å²) in [6, 6.07) is -0.549. The molecule has 0 atom stereocenters. The van der Waals surface area contributed by atoms with Crippen LogP contribution in [0.2, 0.25) is 0 Å². The van der Waals surface area contributed by atoms with Crippen molar-refractivity contribution in [1.82, 2.24) is 10.4 Å². The Morgan fingerprint density at radius 2 is 2.07 bits per heavy atom. The van der Waals surface area contributed by atoms with E-state index in [1.54, 1.807) is 0 Å². The molecule has 0 aliphatic rings. The number of carbonyl (C=O) groups excluding carboxylic acids is 1. The van der Waals surface area contributed by atoms with Crippen LogP contribution in [0.5, 0.6) is 0 Å². The fourth-order valence-electron chi connectivity index (χ4n) is 0.930. The molecule has 0 spiro atoms. The molecule has 3 N–H and O–H groups in total. The maximum Gasteiger partial charge on any atom is 0.341 e. The van der Waals surface area contributed by atoms with Gasteiger partial charge in [0.25, 0.3) is 0 Å². The molecule has 0 heterocycles. The number of hydroxylamine groups is 1. The molecule has 0 aromatic rings. The van der Waals surface area contributed by atoms with Gasteiger partial charge in [-0.3, -0.25) is 4.84 Å². The van der Waals surface area contributed by atoms with Crippen molar-refractivity contribution in [1.29, 1.82) is 0 Å². The summed E-state index contributed by atoms with van der Waals surface area (Å²) in [6.45, 7) is 1.81. The van der Waals surface area contributed by atoms with Crippen LogP contribution in [0.3, 0.4) is 0 Å². The monoisotopic (exact) mass is 220 g/mol. The number of carbonyl (C=O) groups is 2. The number of carboxylic acid groups (broad SMARTS) is 1. The summed E-state index contributed by atoms with van der Waals surface area (Å²) in [5.74, 6) is -1.17. The third-order valence-electron chi connectivity index (χ3n) is 1.51. The average Bonchev–Trinajstić information content (AvgIpc) is 2.16. The predicted molar refractivity (Wildman–Crippen MR) is 51.1 cm³/mol. The van der Waals surface area contributed by atoms with Crippen molar-refractivity contribution in [2.75, 3.05) is 26.3 Å². The minimum Gasteiger partial charge on any atom is -0.479 e. The predicted octanol–water partition coefficient (Wildman–Crippen LogP) is -0.583. The summed E-state index contributed by atoms with van der Waals surface area (Å²) in [5.41, 5.74) is 1.98. The minimum absolute atomic E-state index is 0.146. The van der Waals surface area contributed by atoms with Crippen molar-refractivity contribution in [3.63, 3.8) is 0 Å². The molecule has 0 aliphatic carbocycles. The van der Waals surface area contributed by atoms with E-state index in [0.717, 1.165) is 6.42 Å². The van der Waals surface area contributed by atoms with E-state index < -0.39 is 18.6 Å². The van der Waals surface area contributed by atoms with Crippen molar-refractivity contribution >= 4 is 12.0 Å². The lowest BCUT2D eigenvalue weighted by Crippen LogP contribution is -2.42. The van der Waals surface area contributed by atoms with Crippen LogP contribution in [-0.4, -0.2) is 53.4 Å². The lowest BCUT2D eigenvalue weighted by molar-refractivity contribution is -0.144. The van der Waals surface area contributed by atoms with E-state index in [-0.39, 0.29) is 13.2 Å². The lowest BCUT2D eigenvalue weighted by Gasteiger charge is -2.20. The largest absolute Gasteiger partial charge is 0.479 e. The number of carboxylic acids is 1. The number of amides is 2. The number of nitrogens with one attached hydrogen (secondary N) is 1. The van der Waals surface area contributed by atoms with E-state index in [4.69, 9.17) is 10.2 Å². The molecule has 7 heteroatoms. The highest BCUT2D eigenvalue weighted by Crippen LogP contribution is 1.91. The third-order valence-corrected chi connectivity index (χ3v) is 1.51. The molecular weight excluding hydrogens is 204 g/mol. The Morgan fingerprint density at radius 1 is 1.40 bits per heavy atom. The van der Waals surface area contributed by atoms with Gasteiger partial charge in [-0.05, 0) is 6.42 Å². The van der Waals surface area contributed by atoms with Crippen molar-refractivity contribution in [3.8, 4) is 0 Å². The quantitative estimate of drug-likeness (QED) is 0.498. The summed E-state index contributed by atoms with van der Waals surface area (Å²) in [4.78, 5) is 27.1. The first-order valence-electron chi connectivity index (χ1n) is 4.61. The van der Waals surface area contributed by atoms with E-state index in [0.29, 0.717) is 6.54 Å². The SMILES string of the molecule is CCCN(CCO)C(=O)NOCC(=O)O. The highest BCUT2D eigenvalue weighted by atomic mass is 16.7. The van der Waals surface area contributed by atoms with E-state index in [2.05, 4.69) is 4.84 Å². The van der Waals surface area contributed by atoms with Crippen molar-refractivity contribution < 1.29 is 24.6 Å². The standard InChI is InChI=1S/C8H16N2O5/c1-2-3-10(4-5-11)8(14)9-15-6-7(12)13/h11H,2-6H2,1H3,(H,9,14)(H,12,13). The summed E-state index contributed by atoms with van der Waals surface area (Å²) in [5, 5.41) is 16.9. The van der Waals surface area contributed by atoms with Crippen LogP contribution in [0.1, 0.15) is 13.3 Å². The van der Waals surface area contributed by atoms with E-state index >= 15 is 0 Å². The average molecular weight is 220 g/mol. The molecule has 0 bridgehead atoms. The van der Waals surface area contributed by atoms with Crippen LogP contribution in [-0.2, 0) is 9.63 Å². The number of urea groups is 1. The topological polar surface area (TPSA) is 99.1 Å². The van der Waals surface area contributed by atoms with Crippen LogP contribution >= 0.6 is 0 Å². The van der Waals surface area contributed by atoms with Gasteiger partial charge in [-0.2, -0.15) is 0 Å². The number of nitrogens with zero attached hydrogens (tertiary/aromatic N) is 1. The van der Waals surface area contributed by atoms with Gasteiger partial charge < -0.3 is 15.1 Å². The highest BCUT2D eigenvalue weighted by molar-refractivity contribution is 5.73. The van der Waals surface area contributed by atoms with Crippen LogP contribution in [0.15, 0.2) is 0 Å². The Labute approximate surface area is 87.6 Å². The molecule has 0 aliphatic heterocycles. The van der Waals surface area contributed by atoms with Crippen LogP contribution in [0.25, 0.3) is 0 Å². The highest BCUT2D eigenvalue weighted by Gasteiger charge is 2.11. The van der Waals surface area contributed by atoms with Crippen molar-refractivity contribution in [2.45, 2.75) is 13.3 Å². The smallest absolute Gasteiger partial charge is 0.341 e. The first kappa shape index (κ1) is 13.7. The molecule has 0 aromatic heterocycles. The van der Waals surface area contributed by atoms with E-state index in [9.17, 15) is 9.59 Å². The number of aliphatic hydroxyl groups is 1. The summed E-state index contributed by atoms with van der Waals surface area (Å²) in [7, 11) is 0. The Morgan fingerprint density at radius 3 is 2.53 bits per heavy atom. The number of hydrogen-bond acceptors (Lipinski definition) is 4. The maximum atomic E-state index is 11.3. The summed E-state index contributed by atoms with van der Waals surface area (Å²) >= 11 is 0. The van der Waals surface area contributed by atoms with Crippen molar-refractivity contribution in [2.24, 2.45) is 0 Å². The molecule has 15 heavy (non-hydrogen) atoms. The second-order valence-electron chi connectivity index (χ2n) is 2.80. The zero-order valence-electron chi connectivity index (χ0n) is 8.60. The Hall–Kier alpha value is -1.34. The minimum atomic E-state index is -1.17. The van der Waals surface area contributed by atoms with Crippen LogP contribution in [0, 0.1) is 0 Å². The molecule has 88 valence electrons. The fraction of sp³-hybridized carbons (Fsp3) is 0.750. The molecule has 2 amide bonds. The van der Waals surface area contributed by atoms with Gasteiger partial charge in [-0.1, -0.05) is 6.92 Å². The Kier molecular flexibility index (Phi) is 7.29. The number of rotatable bonds is 7. The maximum absolute atomic E-state index is 11.3. The Balaban J connectivity index is 3.85. The van der Waals surface area contributed by atoms with Gasteiger partial charge >= 0.3 is 12.0 Å². The van der Waals surface area contributed by atoms with Gasteiger partial charge in [0.15, 0.2) is 6.61 Å². The van der Waals surface area contributed by atoms with Crippen molar-refractivity contribution in [3.05, 3.63) is 0 Å². The molecule has 0 aromatic carbocycles. The number of hydrogen-bond donors (Lipinski definition) is 3. The van der Waals surface area contributed by atoms with E-state index in [1.807, 2.05) is 12.4 Å². The molecule has 0 saturated carbocycles. The second-order valence-corrected chi connectivity index (χ2v) is 2.80. The van der Waals surface area contributed by atoms with Gasteiger partial charge in [0.05, 0.1) is 6.61 Å². The van der Waals surface area contributed by atoms with Gasteiger partial charge in [-0.25, -0.2) is 15.1 Å². The molecule has 0 saturated heterocycles. The van der Waals surface area contributed by atoms with Gasteiger partial charge in [-0.15, -0.1) is 0 Å². The van der Waals surface area contributed by atoms with Crippen LogP contribution in [0.4, 0.5) is 4.79 Å². The zero-order valence-corrected chi connectivity index (χ0v) is 8.60. The van der Waals surface area contributed by atoms with Gasteiger partial charge in [0.1, 0.15) is 0 Å². The number of aliphatic hydroxyl groups excluding tert-OH is 1. The normalized spacial score (nSPS) is 9.73. The molecule has 7 nitrogen and oxygen atoms in total. The second kappa shape index (κ2) is 8.01. The van der Waals surface area contributed by atoms with Gasteiger partial charge in [0, 0.05) is 13.1 Å². The third kappa shape index (κ3) is 6.69.